The number of aromatic nitrogens is 4. The van der Waals surface area contributed by atoms with Crippen molar-refractivity contribution in [2.24, 2.45) is 7.05 Å². The molecule has 2 aromatic heterocycles. The Hall–Kier alpha value is -2.10. The van der Waals surface area contributed by atoms with Crippen LogP contribution in [0.25, 0.3) is 11.2 Å². The molecule has 28 heavy (non-hydrogen) atoms. The quantitative estimate of drug-likeness (QED) is 0.429. The lowest BCUT2D eigenvalue weighted by molar-refractivity contribution is 0.102. The smallest absolute Gasteiger partial charge is 0.309 e. The zero-order chi connectivity index (χ0) is 20.4. The SMILES string of the molecule is C/C(Cl)=C/Cn1c(SCC(=O)c2ccc(Br)cc2)nc2c1c(=O)[nH]c(=O)n2C. The third kappa shape index (κ3) is 4.31. The number of hydrogen-bond acceptors (Lipinski definition) is 5. The molecule has 0 aliphatic rings. The lowest BCUT2D eigenvalue weighted by Gasteiger charge is -2.06. The van der Waals surface area contributed by atoms with Crippen molar-refractivity contribution >= 4 is 56.2 Å². The van der Waals surface area contributed by atoms with Crippen LogP contribution >= 0.6 is 39.3 Å². The third-order valence-corrected chi connectivity index (χ3v) is 5.69. The number of carbonyl (C=O) groups is 1. The number of nitrogens with zero attached hydrogens (tertiary/aromatic N) is 3. The fourth-order valence-electron chi connectivity index (χ4n) is 2.56. The lowest BCUT2D eigenvalue weighted by atomic mass is 10.2. The van der Waals surface area contributed by atoms with Gasteiger partial charge in [0.1, 0.15) is 0 Å². The van der Waals surface area contributed by atoms with Crippen molar-refractivity contribution in [3.05, 3.63) is 66.2 Å². The fraction of sp³-hybridized carbons (Fsp3) is 0.222. The molecule has 0 radical (unpaired) electrons. The van der Waals surface area contributed by atoms with E-state index in [4.69, 9.17) is 11.6 Å². The molecule has 3 aromatic rings. The number of halogens is 2. The second kappa shape index (κ2) is 8.50. The molecule has 0 fully saturated rings. The van der Waals surface area contributed by atoms with E-state index in [0.717, 1.165) is 4.47 Å². The van der Waals surface area contributed by atoms with Gasteiger partial charge in [-0.2, -0.15) is 0 Å². The van der Waals surface area contributed by atoms with Crippen molar-refractivity contribution in [1.29, 1.82) is 0 Å². The maximum atomic E-state index is 12.5. The summed E-state index contributed by atoms with van der Waals surface area (Å²) in [5.74, 6) is 0.0726. The number of aromatic amines is 1. The topological polar surface area (TPSA) is 89.8 Å². The minimum atomic E-state index is -0.547. The van der Waals surface area contributed by atoms with E-state index in [1.165, 1.54) is 23.4 Å². The van der Waals surface area contributed by atoms with Crippen LogP contribution in [0.15, 0.2) is 54.6 Å². The third-order valence-electron chi connectivity index (χ3n) is 4.03. The molecule has 0 saturated carbocycles. The van der Waals surface area contributed by atoms with Crippen LogP contribution in [0.1, 0.15) is 17.3 Å². The monoisotopic (exact) mass is 482 g/mol. The molecule has 7 nitrogen and oxygen atoms in total. The van der Waals surface area contributed by atoms with Crippen LogP contribution in [-0.4, -0.2) is 30.6 Å². The zero-order valence-electron chi connectivity index (χ0n) is 15.0. The molecular weight excluding hydrogens is 468 g/mol. The number of ketones is 1. The molecule has 2 heterocycles. The average Bonchev–Trinajstić information content (AvgIpc) is 3.02. The predicted molar refractivity (Wildman–Crippen MR) is 114 cm³/mol. The first-order chi connectivity index (χ1) is 13.3. The zero-order valence-corrected chi connectivity index (χ0v) is 18.2. The molecular formula is C18H16BrClN4O3S. The van der Waals surface area contributed by atoms with Crippen LogP contribution in [-0.2, 0) is 13.6 Å². The second-order valence-electron chi connectivity index (χ2n) is 6.01. The molecule has 0 bridgehead atoms. The average molecular weight is 484 g/mol. The van der Waals surface area contributed by atoms with Gasteiger partial charge in [-0.1, -0.05) is 57.5 Å². The van der Waals surface area contributed by atoms with Gasteiger partial charge in [-0.25, -0.2) is 9.78 Å². The number of imidazole rings is 1. The van der Waals surface area contributed by atoms with Crippen molar-refractivity contribution in [2.45, 2.75) is 18.6 Å². The van der Waals surface area contributed by atoms with Crippen molar-refractivity contribution in [2.75, 3.05) is 5.75 Å². The molecule has 0 aliphatic heterocycles. The van der Waals surface area contributed by atoms with Gasteiger partial charge in [0.25, 0.3) is 5.56 Å². The van der Waals surface area contributed by atoms with Gasteiger partial charge < -0.3 is 4.57 Å². The minimum Gasteiger partial charge on any atom is -0.309 e. The number of hydrogen-bond donors (Lipinski definition) is 1. The Morgan fingerprint density at radius 1 is 1.32 bits per heavy atom. The molecule has 0 saturated heterocycles. The summed E-state index contributed by atoms with van der Waals surface area (Å²) in [6.45, 7) is 2.02. The number of allylic oxidation sites excluding steroid dienone is 2. The summed E-state index contributed by atoms with van der Waals surface area (Å²) < 4.78 is 3.81. The highest BCUT2D eigenvalue weighted by atomic mass is 79.9. The van der Waals surface area contributed by atoms with Gasteiger partial charge in [0.05, 0.1) is 5.75 Å². The van der Waals surface area contributed by atoms with Gasteiger partial charge in [-0.3, -0.25) is 19.1 Å². The Morgan fingerprint density at radius 2 is 2.00 bits per heavy atom. The van der Waals surface area contributed by atoms with Crippen molar-refractivity contribution in [1.82, 2.24) is 19.1 Å². The highest BCUT2D eigenvalue weighted by molar-refractivity contribution is 9.10. The molecule has 0 aliphatic carbocycles. The molecule has 0 amide bonds. The van der Waals surface area contributed by atoms with Crippen LogP contribution in [0.5, 0.6) is 0 Å². The Kier molecular flexibility index (Phi) is 6.26. The number of H-pyrrole nitrogens is 1. The summed E-state index contributed by atoms with van der Waals surface area (Å²) >= 11 is 10.5. The summed E-state index contributed by atoms with van der Waals surface area (Å²) in [4.78, 5) is 43.4. The number of carbonyl (C=O) groups excluding carboxylic acids is 1. The Morgan fingerprint density at radius 3 is 2.64 bits per heavy atom. The maximum Gasteiger partial charge on any atom is 0.329 e. The highest BCUT2D eigenvalue weighted by Gasteiger charge is 2.18. The Labute approximate surface area is 177 Å². The van der Waals surface area contributed by atoms with E-state index < -0.39 is 11.2 Å². The Bertz CT molecular complexity index is 1190. The van der Waals surface area contributed by atoms with Gasteiger partial charge in [-0.15, -0.1) is 0 Å². The van der Waals surface area contributed by atoms with Crippen molar-refractivity contribution in [3.63, 3.8) is 0 Å². The largest absolute Gasteiger partial charge is 0.329 e. The molecule has 0 spiro atoms. The fourth-order valence-corrected chi connectivity index (χ4v) is 3.79. The van der Waals surface area contributed by atoms with Crippen LogP contribution in [0.4, 0.5) is 0 Å². The molecule has 10 heteroatoms. The van der Waals surface area contributed by atoms with Crippen molar-refractivity contribution in [3.8, 4) is 0 Å². The van der Waals surface area contributed by atoms with E-state index in [-0.39, 0.29) is 22.7 Å². The van der Waals surface area contributed by atoms with E-state index in [0.29, 0.717) is 22.3 Å². The molecule has 1 N–H and O–H groups in total. The van der Waals surface area contributed by atoms with Gasteiger partial charge >= 0.3 is 5.69 Å². The second-order valence-corrected chi connectivity index (χ2v) is 8.46. The van der Waals surface area contributed by atoms with E-state index in [1.807, 2.05) is 0 Å². The highest BCUT2D eigenvalue weighted by Crippen LogP contribution is 2.23. The van der Waals surface area contributed by atoms with Crippen LogP contribution in [0.3, 0.4) is 0 Å². The lowest BCUT2D eigenvalue weighted by Crippen LogP contribution is -2.29. The van der Waals surface area contributed by atoms with Gasteiger partial charge in [0.15, 0.2) is 22.1 Å². The normalized spacial score (nSPS) is 11.9. The first kappa shape index (κ1) is 20.6. The predicted octanol–water partition coefficient (Wildman–Crippen LogP) is 3.30. The number of rotatable bonds is 6. The van der Waals surface area contributed by atoms with E-state index in [9.17, 15) is 14.4 Å². The summed E-state index contributed by atoms with van der Waals surface area (Å²) in [6.07, 6.45) is 1.73. The summed E-state index contributed by atoms with van der Waals surface area (Å²) in [7, 11) is 1.53. The van der Waals surface area contributed by atoms with E-state index in [1.54, 1.807) is 41.8 Å². The first-order valence-corrected chi connectivity index (χ1v) is 10.4. The van der Waals surface area contributed by atoms with Gasteiger partial charge in [0, 0.05) is 28.7 Å². The minimum absolute atomic E-state index is 0.0667. The van der Waals surface area contributed by atoms with Crippen LogP contribution in [0, 0.1) is 0 Å². The molecule has 3 rings (SSSR count). The number of Topliss-reactive ketones (excluding diaryl/α,β-unsaturated/α-hetero) is 1. The molecule has 0 atom stereocenters. The number of nitrogens with one attached hydrogen (secondary N) is 1. The van der Waals surface area contributed by atoms with E-state index in [2.05, 4.69) is 25.9 Å². The van der Waals surface area contributed by atoms with E-state index >= 15 is 0 Å². The number of fused-ring (bicyclic) bond motifs is 1. The molecule has 0 unspecified atom stereocenters. The number of benzene rings is 1. The Balaban J connectivity index is 1.99. The summed E-state index contributed by atoms with van der Waals surface area (Å²) in [6, 6.07) is 7.08. The van der Waals surface area contributed by atoms with Crippen LogP contribution in [0.2, 0.25) is 0 Å². The van der Waals surface area contributed by atoms with Gasteiger partial charge in [0.2, 0.25) is 0 Å². The van der Waals surface area contributed by atoms with Gasteiger partial charge in [-0.05, 0) is 19.1 Å². The number of thioether (sulfide) groups is 1. The summed E-state index contributed by atoms with van der Waals surface area (Å²) in [5, 5.41) is 1.02. The number of aryl methyl sites for hydroxylation is 1. The summed E-state index contributed by atoms with van der Waals surface area (Å²) in [5.41, 5.74) is 0.0222. The first-order valence-electron chi connectivity index (χ1n) is 8.21. The maximum absolute atomic E-state index is 12.5. The van der Waals surface area contributed by atoms with Crippen LogP contribution < -0.4 is 11.2 Å². The molecule has 1 aromatic carbocycles. The molecule has 146 valence electrons. The van der Waals surface area contributed by atoms with Crippen molar-refractivity contribution < 1.29 is 4.79 Å². The standard InChI is InChI=1S/C18H16BrClN4O3S/c1-10(20)7-8-24-14-15(23(2)17(27)22-16(14)26)21-18(24)28-9-13(25)11-3-5-12(19)6-4-11/h3-7H,8-9H2,1-2H3,(H,22,26,27)/b10-7-.